The van der Waals surface area contributed by atoms with Crippen molar-refractivity contribution in [1.82, 2.24) is 0 Å². The van der Waals surface area contributed by atoms with Crippen molar-refractivity contribution < 1.29 is 9.53 Å². The Labute approximate surface area is 59.5 Å². The minimum atomic E-state index is -0.484. The van der Waals surface area contributed by atoms with E-state index in [-0.39, 0.29) is 0 Å². The van der Waals surface area contributed by atoms with Gasteiger partial charge >= 0.3 is 5.97 Å². The van der Waals surface area contributed by atoms with Crippen LogP contribution >= 0.6 is 12.2 Å². The average molecular weight is 144 g/mol. The lowest BCUT2D eigenvalue weighted by Gasteiger charge is -1.96. The lowest BCUT2D eigenvalue weighted by Crippen LogP contribution is -2.05. The van der Waals surface area contributed by atoms with E-state index >= 15 is 0 Å². The standard InChI is InChI=1S/C6H8O2S/c1-3-5(7)8-6(9)4-2/h3H,1,4H2,2H3. The Bertz CT molecular complexity index is 140. The second-order valence-corrected chi connectivity index (χ2v) is 1.81. The molecule has 0 heterocycles. The van der Waals surface area contributed by atoms with Crippen LogP contribution in [0.3, 0.4) is 0 Å². The van der Waals surface area contributed by atoms with Gasteiger partial charge in [-0.15, -0.1) is 0 Å². The zero-order valence-electron chi connectivity index (χ0n) is 5.22. The minimum absolute atomic E-state index is 0.305. The second-order valence-electron chi connectivity index (χ2n) is 1.35. The van der Waals surface area contributed by atoms with Crippen LogP contribution in [-0.2, 0) is 9.53 Å². The molecule has 0 amide bonds. The van der Waals surface area contributed by atoms with Gasteiger partial charge in [0.1, 0.15) is 0 Å². The van der Waals surface area contributed by atoms with Crippen LogP contribution in [0.1, 0.15) is 13.3 Å². The van der Waals surface area contributed by atoms with Crippen molar-refractivity contribution in [3.8, 4) is 0 Å². The Morgan fingerprint density at radius 2 is 2.44 bits per heavy atom. The normalized spacial score (nSPS) is 8.11. The van der Waals surface area contributed by atoms with Crippen LogP contribution in [0.15, 0.2) is 12.7 Å². The predicted octanol–water partition coefficient (Wildman–Crippen LogP) is 1.45. The van der Waals surface area contributed by atoms with Gasteiger partial charge in [-0.1, -0.05) is 13.5 Å². The van der Waals surface area contributed by atoms with E-state index in [9.17, 15) is 4.79 Å². The summed E-state index contributed by atoms with van der Waals surface area (Å²) < 4.78 is 4.52. The topological polar surface area (TPSA) is 26.3 Å². The van der Waals surface area contributed by atoms with Gasteiger partial charge in [-0.25, -0.2) is 4.79 Å². The third-order valence-electron chi connectivity index (χ3n) is 0.670. The van der Waals surface area contributed by atoms with Crippen molar-refractivity contribution in [2.75, 3.05) is 0 Å². The van der Waals surface area contributed by atoms with Gasteiger partial charge in [0.25, 0.3) is 0 Å². The molecule has 9 heavy (non-hydrogen) atoms. The van der Waals surface area contributed by atoms with Crippen LogP contribution in [0, 0.1) is 0 Å². The quantitative estimate of drug-likeness (QED) is 0.333. The van der Waals surface area contributed by atoms with E-state index in [0.29, 0.717) is 11.5 Å². The molecule has 0 aromatic heterocycles. The Kier molecular flexibility index (Phi) is 3.88. The van der Waals surface area contributed by atoms with Crippen LogP contribution in [0.5, 0.6) is 0 Å². The molecule has 0 aliphatic carbocycles. The summed E-state index contributed by atoms with van der Waals surface area (Å²) in [5.41, 5.74) is 0. The molecule has 0 spiro atoms. The number of ether oxygens (including phenoxy) is 1. The van der Waals surface area contributed by atoms with E-state index in [2.05, 4.69) is 23.5 Å². The minimum Gasteiger partial charge on any atom is -0.416 e. The highest BCUT2D eigenvalue weighted by molar-refractivity contribution is 7.80. The van der Waals surface area contributed by atoms with Crippen molar-refractivity contribution in [1.29, 1.82) is 0 Å². The Hall–Kier alpha value is -0.700. The lowest BCUT2D eigenvalue weighted by molar-refractivity contribution is -0.129. The molecule has 0 bridgehead atoms. The smallest absolute Gasteiger partial charge is 0.336 e. The van der Waals surface area contributed by atoms with E-state index in [4.69, 9.17) is 0 Å². The first kappa shape index (κ1) is 8.30. The number of carbonyl (C=O) groups is 1. The van der Waals surface area contributed by atoms with Crippen molar-refractivity contribution >= 4 is 23.2 Å². The van der Waals surface area contributed by atoms with Gasteiger partial charge < -0.3 is 4.74 Å². The maximum Gasteiger partial charge on any atom is 0.336 e. The van der Waals surface area contributed by atoms with Gasteiger partial charge in [0.05, 0.1) is 0 Å². The van der Waals surface area contributed by atoms with E-state index in [1.54, 1.807) is 0 Å². The predicted molar refractivity (Wildman–Crippen MR) is 39.2 cm³/mol. The molecule has 0 N–H and O–H groups in total. The Morgan fingerprint density at radius 3 is 2.78 bits per heavy atom. The van der Waals surface area contributed by atoms with Gasteiger partial charge in [0.2, 0.25) is 0 Å². The number of rotatable bonds is 2. The van der Waals surface area contributed by atoms with Crippen molar-refractivity contribution in [3.63, 3.8) is 0 Å². The highest BCUT2D eigenvalue weighted by atomic mass is 32.1. The fourth-order valence-electron chi connectivity index (χ4n) is 0.226. The SMILES string of the molecule is C=CC(=O)OC(=S)CC. The van der Waals surface area contributed by atoms with Crippen molar-refractivity contribution in [2.24, 2.45) is 0 Å². The first-order valence-electron chi connectivity index (χ1n) is 2.57. The van der Waals surface area contributed by atoms with E-state index in [0.717, 1.165) is 6.08 Å². The molecular formula is C6H8O2S. The van der Waals surface area contributed by atoms with Gasteiger partial charge in [-0.3, -0.25) is 0 Å². The van der Waals surface area contributed by atoms with Gasteiger partial charge in [0.15, 0.2) is 5.05 Å². The van der Waals surface area contributed by atoms with Crippen molar-refractivity contribution in [3.05, 3.63) is 12.7 Å². The van der Waals surface area contributed by atoms with Crippen LogP contribution in [0.2, 0.25) is 0 Å². The molecule has 0 saturated carbocycles. The molecule has 0 rings (SSSR count). The number of carbonyl (C=O) groups excluding carboxylic acids is 1. The molecule has 0 aliphatic heterocycles. The molecule has 2 nitrogen and oxygen atoms in total. The molecule has 0 aliphatic rings. The Morgan fingerprint density at radius 1 is 1.89 bits per heavy atom. The summed E-state index contributed by atoms with van der Waals surface area (Å²) in [5, 5.41) is 0.305. The fraction of sp³-hybridized carbons (Fsp3) is 0.333. The molecule has 0 atom stereocenters. The molecular weight excluding hydrogens is 136 g/mol. The first-order valence-corrected chi connectivity index (χ1v) is 2.98. The maximum absolute atomic E-state index is 10.4. The third kappa shape index (κ3) is 3.85. The maximum atomic E-state index is 10.4. The first-order chi connectivity index (χ1) is 4.20. The summed E-state index contributed by atoms with van der Waals surface area (Å²) in [6.07, 6.45) is 1.66. The van der Waals surface area contributed by atoms with Crippen LogP contribution in [-0.4, -0.2) is 11.0 Å². The summed E-state index contributed by atoms with van der Waals surface area (Å²) in [6.45, 7) is 5.03. The second kappa shape index (κ2) is 4.21. The largest absolute Gasteiger partial charge is 0.416 e. The fourth-order valence-corrected chi connectivity index (χ4v) is 0.308. The van der Waals surface area contributed by atoms with E-state index in [1.807, 2.05) is 6.92 Å². The molecule has 0 unspecified atom stereocenters. The number of esters is 1. The summed E-state index contributed by atoms with van der Waals surface area (Å²) >= 11 is 4.61. The molecule has 3 heteroatoms. The molecule has 0 aromatic carbocycles. The molecule has 50 valence electrons. The zero-order chi connectivity index (χ0) is 7.28. The summed E-state index contributed by atoms with van der Waals surface area (Å²) in [5.74, 6) is -0.484. The highest BCUT2D eigenvalue weighted by Gasteiger charge is 1.97. The molecule has 0 fully saturated rings. The van der Waals surface area contributed by atoms with E-state index in [1.165, 1.54) is 0 Å². The van der Waals surface area contributed by atoms with Gasteiger partial charge in [-0.05, 0) is 12.2 Å². The Balaban J connectivity index is 3.59. The van der Waals surface area contributed by atoms with Gasteiger partial charge in [0, 0.05) is 12.5 Å². The lowest BCUT2D eigenvalue weighted by atomic mass is 10.5. The molecule has 0 aromatic rings. The average Bonchev–Trinajstić information content (AvgIpc) is 1.87. The number of hydrogen-bond donors (Lipinski definition) is 0. The third-order valence-corrected chi connectivity index (χ3v) is 1.04. The van der Waals surface area contributed by atoms with Crippen LogP contribution in [0.4, 0.5) is 0 Å². The summed E-state index contributed by atoms with van der Waals surface area (Å²) in [4.78, 5) is 10.4. The molecule has 0 radical (unpaired) electrons. The van der Waals surface area contributed by atoms with Gasteiger partial charge in [-0.2, -0.15) is 0 Å². The van der Waals surface area contributed by atoms with Crippen LogP contribution < -0.4 is 0 Å². The molecule has 0 saturated heterocycles. The zero-order valence-corrected chi connectivity index (χ0v) is 6.03. The van der Waals surface area contributed by atoms with E-state index < -0.39 is 5.97 Å². The highest BCUT2D eigenvalue weighted by Crippen LogP contribution is 1.88. The van der Waals surface area contributed by atoms with Crippen LogP contribution in [0.25, 0.3) is 0 Å². The number of hydrogen-bond acceptors (Lipinski definition) is 3. The summed E-state index contributed by atoms with van der Waals surface area (Å²) in [6, 6.07) is 0. The number of thiocarbonyl (C=S) groups is 1. The monoisotopic (exact) mass is 144 g/mol. The summed E-state index contributed by atoms with van der Waals surface area (Å²) in [7, 11) is 0. The van der Waals surface area contributed by atoms with Crippen molar-refractivity contribution in [2.45, 2.75) is 13.3 Å².